The Balaban J connectivity index is 3.26. The summed E-state index contributed by atoms with van der Waals surface area (Å²) in [7, 11) is 0. The van der Waals surface area contributed by atoms with E-state index >= 15 is 0 Å². The number of carbonyl (C=O) groups excluding carboxylic acids is 1. The summed E-state index contributed by atoms with van der Waals surface area (Å²) in [4.78, 5) is 11.6. The summed E-state index contributed by atoms with van der Waals surface area (Å²) in [5.74, 6) is 2.48. The van der Waals surface area contributed by atoms with E-state index in [4.69, 9.17) is 6.42 Å². The van der Waals surface area contributed by atoms with Gasteiger partial charge >= 0.3 is 0 Å². The average molecular weight is 229 g/mol. The Labute approximate surface area is 77.6 Å². The lowest BCUT2D eigenvalue weighted by Crippen LogP contribution is -1.88. The van der Waals surface area contributed by atoms with Gasteiger partial charge in [-0.25, -0.2) is 0 Å². The number of hydrogen-bond donors (Lipinski definition) is 0. The van der Waals surface area contributed by atoms with Crippen molar-refractivity contribution in [3.05, 3.63) is 20.3 Å². The highest BCUT2D eigenvalue weighted by Crippen LogP contribution is 2.26. The fourth-order valence-electron chi connectivity index (χ4n) is 0.730. The van der Waals surface area contributed by atoms with E-state index in [1.165, 1.54) is 18.3 Å². The van der Waals surface area contributed by atoms with Crippen LogP contribution in [0.15, 0.2) is 9.85 Å². The molecule has 3 heteroatoms. The molecule has 0 amide bonds. The predicted molar refractivity (Wildman–Crippen MR) is 50.0 cm³/mol. The summed E-state index contributed by atoms with van der Waals surface area (Å²) in [6, 6.07) is 1.78. The van der Waals surface area contributed by atoms with Crippen LogP contribution >= 0.6 is 27.3 Å². The minimum atomic E-state index is 0.0219. The number of rotatable bonds is 1. The van der Waals surface area contributed by atoms with Gasteiger partial charge in [-0.2, -0.15) is 0 Å². The van der Waals surface area contributed by atoms with Crippen molar-refractivity contribution in [1.82, 2.24) is 0 Å². The SMILES string of the molecule is C#Cc1cc(Br)sc1C(C)=O. The standard InChI is InChI=1S/C8H5BrOS/c1-3-6-4-7(9)11-8(6)5(2)10/h1,4H,2H3. The van der Waals surface area contributed by atoms with Gasteiger partial charge in [0, 0.05) is 5.56 Å². The Bertz CT molecular complexity index is 332. The maximum Gasteiger partial charge on any atom is 0.171 e. The van der Waals surface area contributed by atoms with Gasteiger partial charge in [-0.05, 0) is 28.9 Å². The van der Waals surface area contributed by atoms with E-state index in [2.05, 4.69) is 21.9 Å². The van der Waals surface area contributed by atoms with Crippen LogP contribution in [0.4, 0.5) is 0 Å². The van der Waals surface area contributed by atoms with E-state index in [1.807, 2.05) is 0 Å². The van der Waals surface area contributed by atoms with Crippen molar-refractivity contribution in [3.63, 3.8) is 0 Å². The molecule has 1 nitrogen and oxygen atoms in total. The molecule has 11 heavy (non-hydrogen) atoms. The number of thiophene rings is 1. The van der Waals surface area contributed by atoms with Gasteiger partial charge in [0.05, 0.1) is 8.66 Å². The van der Waals surface area contributed by atoms with E-state index in [1.54, 1.807) is 6.07 Å². The lowest BCUT2D eigenvalue weighted by Gasteiger charge is -1.87. The summed E-state index contributed by atoms with van der Waals surface area (Å²) < 4.78 is 0.899. The molecule has 1 rings (SSSR count). The summed E-state index contributed by atoms with van der Waals surface area (Å²) in [6.45, 7) is 1.51. The highest BCUT2D eigenvalue weighted by Gasteiger charge is 2.09. The zero-order valence-corrected chi connectivity index (χ0v) is 8.25. The third-order valence-electron chi connectivity index (χ3n) is 1.18. The Kier molecular flexibility index (Phi) is 2.48. The van der Waals surface area contributed by atoms with Crippen LogP contribution in [0.3, 0.4) is 0 Å². The Morgan fingerprint density at radius 3 is 2.82 bits per heavy atom. The fraction of sp³-hybridized carbons (Fsp3) is 0.125. The molecule has 0 spiro atoms. The molecule has 0 aromatic carbocycles. The summed E-state index contributed by atoms with van der Waals surface area (Å²) >= 11 is 4.63. The lowest BCUT2D eigenvalue weighted by atomic mass is 10.2. The van der Waals surface area contributed by atoms with Gasteiger partial charge in [-0.3, -0.25) is 4.79 Å². The first kappa shape index (κ1) is 8.51. The van der Waals surface area contributed by atoms with Crippen molar-refractivity contribution in [2.45, 2.75) is 6.92 Å². The van der Waals surface area contributed by atoms with Crippen molar-refractivity contribution in [2.24, 2.45) is 0 Å². The van der Waals surface area contributed by atoms with E-state index in [-0.39, 0.29) is 5.78 Å². The number of ketones is 1. The molecule has 0 unspecified atom stereocenters. The second kappa shape index (κ2) is 3.21. The van der Waals surface area contributed by atoms with Crippen LogP contribution in [-0.4, -0.2) is 5.78 Å². The van der Waals surface area contributed by atoms with Crippen LogP contribution in [0.1, 0.15) is 22.2 Å². The van der Waals surface area contributed by atoms with Crippen LogP contribution in [0, 0.1) is 12.3 Å². The Hall–Kier alpha value is -0.590. The van der Waals surface area contributed by atoms with Gasteiger partial charge in [0.25, 0.3) is 0 Å². The molecule has 56 valence electrons. The first-order valence-corrected chi connectivity index (χ1v) is 4.53. The highest BCUT2D eigenvalue weighted by molar-refractivity contribution is 9.11. The van der Waals surface area contributed by atoms with Crippen molar-refractivity contribution in [2.75, 3.05) is 0 Å². The molecule has 0 N–H and O–H groups in total. The molecule has 1 aromatic heterocycles. The van der Waals surface area contributed by atoms with Gasteiger partial charge < -0.3 is 0 Å². The smallest absolute Gasteiger partial charge is 0.171 e. The van der Waals surface area contributed by atoms with Crippen LogP contribution in [0.2, 0.25) is 0 Å². The minimum absolute atomic E-state index is 0.0219. The first-order valence-electron chi connectivity index (χ1n) is 2.92. The molecule has 1 aromatic rings. The highest BCUT2D eigenvalue weighted by atomic mass is 79.9. The number of terminal acetylenes is 1. The third kappa shape index (κ3) is 1.70. The first-order chi connectivity index (χ1) is 5.15. The van der Waals surface area contributed by atoms with E-state index in [0.717, 1.165) is 3.79 Å². The maximum absolute atomic E-state index is 10.9. The van der Waals surface area contributed by atoms with Crippen LogP contribution in [0.5, 0.6) is 0 Å². The van der Waals surface area contributed by atoms with Crippen LogP contribution in [-0.2, 0) is 0 Å². The van der Waals surface area contributed by atoms with Gasteiger partial charge in [-0.15, -0.1) is 17.8 Å². The fourth-order valence-corrected chi connectivity index (χ4v) is 2.19. The molecule has 0 fully saturated rings. The van der Waals surface area contributed by atoms with Gasteiger partial charge in [0.1, 0.15) is 0 Å². The third-order valence-corrected chi connectivity index (χ3v) is 2.92. The van der Waals surface area contributed by atoms with Crippen molar-refractivity contribution in [1.29, 1.82) is 0 Å². The normalized spacial score (nSPS) is 9.18. The molecular formula is C8H5BrOS. The number of Topliss-reactive ketones (excluding diaryl/α,β-unsaturated/α-hetero) is 1. The second-order valence-corrected chi connectivity index (χ2v) is 4.43. The Morgan fingerprint density at radius 1 is 1.82 bits per heavy atom. The lowest BCUT2D eigenvalue weighted by molar-refractivity contribution is 0.102. The predicted octanol–water partition coefficient (Wildman–Crippen LogP) is 2.69. The average Bonchev–Trinajstić information content (AvgIpc) is 2.30. The van der Waals surface area contributed by atoms with Gasteiger partial charge in [-0.1, -0.05) is 5.92 Å². The van der Waals surface area contributed by atoms with E-state index in [9.17, 15) is 4.79 Å². The zero-order chi connectivity index (χ0) is 8.43. The molecule has 0 saturated carbocycles. The van der Waals surface area contributed by atoms with Crippen molar-refractivity contribution < 1.29 is 4.79 Å². The second-order valence-electron chi connectivity index (χ2n) is 1.99. The van der Waals surface area contributed by atoms with Crippen LogP contribution < -0.4 is 0 Å². The van der Waals surface area contributed by atoms with Crippen molar-refractivity contribution >= 4 is 33.0 Å². The molecule has 0 saturated heterocycles. The number of hydrogen-bond acceptors (Lipinski definition) is 2. The van der Waals surface area contributed by atoms with E-state index in [0.29, 0.717) is 10.4 Å². The molecular weight excluding hydrogens is 224 g/mol. The largest absolute Gasteiger partial charge is 0.294 e. The Morgan fingerprint density at radius 2 is 2.45 bits per heavy atom. The topological polar surface area (TPSA) is 17.1 Å². The minimum Gasteiger partial charge on any atom is -0.294 e. The molecule has 0 aliphatic carbocycles. The van der Waals surface area contributed by atoms with E-state index < -0.39 is 0 Å². The molecule has 0 bridgehead atoms. The summed E-state index contributed by atoms with van der Waals surface area (Å²) in [5, 5.41) is 0. The van der Waals surface area contributed by atoms with Gasteiger partial charge in [0.15, 0.2) is 5.78 Å². The van der Waals surface area contributed by atoms with Crippen molar-refractivity contribution in [3.8, 4) is 12.3 Å². The zero-order valence-electron chi connectivity index (χ0n) is 5.85. The molecule has 0 aliphatic heterocycles. The molecule has 0 atom stereocenters. The summed E-state index contributed by atoms with van der Waals surface area (Å²) in [5.41, 5.74) is 0.675. The monoisotopic (exact) mass is 228 g/mol. The molecule has 1 heterocycles. The molecule has 0 radical (unpaired) electrons. The van der Waals surface area contributed by atoms with Crippen LogP contribution in [0.25, 0.3) is 0 Å². The molecule has 0 aliphatic rings. The number of halogens is 1. The summed E-state index contributed by atoms with van der Waals surface area (Å²) in [6.07, 6.45) is 5.19. The maximum atomic E-state index is 10.9. The number of carbonyl (C=O) groups is 1. The van der Waals surface area contributed by atoms with Gasteiger partial charge in [0.2, 0.25) is 0 Å². The quantitative estimate of drug-likeness (QED) is 0.534.